The highest BCUT2D eigenvalue weighted by Gasteiger charge is 2.25. The molecule has 0 aliphatic carbocycles. The van der Waals surface area contributed by atoms with Gasteiger partial charge in [-0.3, -0.25) is 14.9 Å². The average Bonchev–Trinajstić information content (AvgIpc) is 2.55. The highest BCUT2D eigenvalue weighted by atomic mass is 16.7. The summed E-state index contributed by atoms with van der Waals surface area (Å²) in [5, 5.41) is 0. The molecular formula is C16H20N4O3. The molecule has 7 heteroatoms. The van der Waals surface area contributed by atoms with Crippen LogP contribution in [-0.4, -0.2) is 60.3 Å². The van der Waals surface area contributed by atoms with Gasteiger partial charge in [0.05, 0.1) is 18.1 Å². The third-order valence-electron chi connectivity index (χ3n) is 3.69. The third kappa shape index (κ3) is 3.64. The Balaban J connectivity index is 1.79. The van der Waals surface area contributed by atoms with E-state index < -0.39 is 6.29 Å². The van der Waals surface area contributed by atoms with Gasteiger partial charge in [-0.1, -0.05) is 0 Å². The van der Waals surface area contributed by atoms with Gasteiger partial charge in [0, 0.05) is 50.8 Å². The largest absolute Gasteiger partial charge is 0.471 e. The molecule has 0 bridgehead atoms. The van der Waals surface area contributed by atoms with Crippen LogP contribution < -0.4 is 4.74 Å². The third-order valence-corrected chi connectivity index (χ3v) is 3.69. The molecule has 2 aromatic rings. The number of aromatic nitrogens is 3. The molecule has 1 saturated heterocycles. The van der Waals surface area contributed by atoms with Gasteiger partial charge in [0.25, 0.3) is 0 Å². The Morgan fingerprint density at radius 2 is 1.83 bits per heavy atom. The lowest BCUT2D eigenvalue weighted by molar-refractivity contribution is -0.106. The maximum absolute atomic E-state index is 5.82. The van der Waals surface area contributed by atoms with E-state index >= 15 is 0 Å². The molecule has 0 N–H and O–H groups in total. The van der Waals surface area contributed by atoms with Crippen molar-refractivity contribution in [3.8, 4) is 17.1 Å². The Bertz CT molecular complexity index is 657. The van der Waals surface area contributed by atoms with E-state index in [0.29, 0.717) is 11.6 Å². The topological polar surface area (TPSA) is 69.6 Å². The van der Waals surface area contributed by atoms with Crippen molar-refractivity contribution in [3.63, 3.8) is 0 Å². The van der Waals surface area contributed by atoms with Gasteiger partial charge in [-0.25, -0.2) is 4.98 Å². The minimum atomic E-state index is -0.458. The zero-order valence-electron chi connectivity index (χ0n) is 13.5. The van der Waals surface area contributed by atoms with Gasteiger partial charge in [0.15, 0.2) is 6.29 Å². The number of ether oxygens (including phenoxy) is 3. The number of nitrogens with zero attached hydrogens (tertiary/aromatic N) is 4. The van der Waals surface area contributed by atoms with Gasteiger partial charge in [-0.2, -0.15) is 0 Å². The van der Waals surface area contributed by atoms with Gasteiger partial charge in [0.2, 0.25) is 5.88 Å². The summed E-state index contributed by atoms with van der Waals surface area (Å²) in [6.07, 6.45) is 6.48. The van der Waals surface area contributed by atoms with Gasteiger partial charge in [-0.05, 0) is 13.1 Å². The standard InChI is InChI=1S/C16H20N4O3/c1-20-9-13(10-20)23-15-8-18-7-14(19-15)11-4-12(6-17-5-11)16(21-2)22-3/h4-8,13,16H,9-10H2,1-3H3. The minimum absolute atomic E-state index is 0.181. The first-order chi connectivity index (χ1) is 11.2. The molecule has 0 aromatic carbocycles. The molecule has 122 valence electrons. The second-order valence-corrected chi connectivity index (χ2v) is 5.51. The first-order valence-corrected chi connectivity index (χ1v) is 7.37. The summed E-state index contributed by atoms with van der Waals surface area (Å²) < 4.78 is 16.3. The van der Waals surface area contributed by atoms with Crippen LogP contribution in [0, 0.1) is 0 Å². The smallest absolute Gasteiger partial charge is 0.233 e. The molecule has 7 nitrogen and oxygen atoms in total. The van der Waals surface area contributed by atoms with Crippen LogP contribution in [0.25, 0.3) is 11.3 Å². The van der Waals surface area contributed by atoms with E-state index in [9.17, 15) is 0 Å². The van der Waals surface area contributed by atoms with Crippen LogP contribution >= 0.6 is 0 Å². The van der Waals surface area contributed by atoms with Crippen LogP contribution in [0.1, 0.15) is 11.9 Å². The van der Waals surface area contributed by atoms with Crippen LogP contribution in [0.15, 0.2) is 30.9 Å². The van der Waals surface area contributed by atoms with E-state index in [1.807, 2.05) is 6.07 Å². The first kappa shape index (κ1) is 15.8. The normalized spacial score (nSPS) is 15.7. The van der Waals surface area contributed by atoms with Gasteiger partial charge >= 0.3 is 0 Å². The van der Waals surface area contributed by atoms with Crippen LogP contribution in [0.2, 0.25) is 0 Å². The predicted octanol–water partition coefficient (Wildman–Crippen LogP) is 1.52. The summed E-state index contributed by atoms with van der Waals surface area (Å²) in [4.78, 5) is 15.1. The lowest BCUT2D eigenvalue weighted by atomic mass is 10.1. The van der Waals surface area contributed by atoms with E-state index in [1.165, 1.54) is 0 Å². The molecule has 2 aromatic heterocycles. The van der Waals surface area contributed by atoms with E-state index in [1.54, 1.807) is 39.0 Å². The number of hydrogen-bond donors (Lipinski definition) is 0. The number of hydrogen-bond acceptors (Lipinski definition) is 7. The van der Waals surface area contributed by atoms with Crippen molar-refractivity contribution in [1.82, 2.24) is 19.9 Å². The maximum atomic E-state index is 5.82. The fourth-order valence-electron chi connectivity index (χ4n) is 2.53. The Morgan fingerprint density at radius 1 is 1.09 bits per heavy atom. The van der Waals surface area contributed by atoms with E-state index in [0.717, 1.165) is 24.2 Å². The van der Waals surface area contributed by atoms with E-state index in [4.69, 9.17) is 14.2 Å². The Labute approximate surface area is 135 Å². The SMILES string of the molecule is COC(OC)c1cncc(-c2cncc(OC3CN(C)C3)n2)c1. The summed E-state index contributed by atoms with van der Waals surface area (Å²) in [6.45, 7) is 1.82. The van der Waals surface area contributed by atoms with Crippen molar-refractivity contribution in [2.75, 3.05) is 34.4 Å². The van der Waals surface area contributed by atoms with Crippen LogP contribution in [0.4, 0.5) is 0 Å². The van der Waals surface area contributed by atoms with Crippen LogP contribution in [0.3, 0.4) is 0 Å². The van der Waals surface area contributed by atoms with Crippen molar-refractivity contribution in [2.45, 2.75) is 12.4 Å². The van der Waals surface area contributed by atoms with Gasteiger partial charge < -0.3 is 14.2 Å². The van der Waals surface area contributed by atoms with E-state index in [2.05, 4.69) is 26.9 Å². The molecule has 0 saturated carbocycles. The summed E-state index contributed by atoms with van der Waals surface area (Å²) in [5.41, 5.74) is 2.36. The van der Waals surface area contributed by atoms with Crippen molar-refractivity contribution < 1.29 is 14.2 Å². The fraction of sp³-hybridized carbons (Fsp3) is 0.438. The van der Waals surface area contributed by atoms with Crippen molar-refractivity contribution in [2.24, 2.45) is 0 Å². The van der Waals surface area contributed by atoms with Crippen LogP contribution in [0.5, 0.6) is 5.88 Å². The Hall–Kier alpha value is -2.09. The second kappa shape index (κ2) is 6.99. The number of likely N-dealkylation sites (tertiary alicyclic amines) is 1. The zero-order chi connectivity index (χ0) is 16.2. The molecule has 0 spiro atoms. The molecule has 23 heavy (non-hydrogen) atoms. The van der Waals surface area contributed by atoms with Gasteiger partial charge in [0.1, 0.15) is 6.10 Å². The van der Waals surface area contributed by atoms with Crippen LogP contribution in [-0.2, 0) is 9.47 Å². The lowest BCUT2D eigenvalue weighted by Gasteiger charge is -2.35. The lowest BCUT2D eigenvalue weighted by Crippen LogP contribution is -2.51. The number of likely N-dealkylation sites (N-methyl/N-ethyl adjacent to an activating group) is 1. The predicted molar refractivity (Wildman–Crippen MR) is 83.9 cm³/mol. The fourth-order valence-corrected chi connectivity index (χ4v) is 2.53. The highest BCUT2D eigenvalue weighted by molar-refractivity contribution is 5.58. The molecule has 0 atom stereocenters. The molecule has 3 rings (SSSR count). The summed E-state index contributed by atoms with van der Waals surface area (Å²) in [7, 11) is 5.23. The Kier molecular flexibility index (Phi) is 4.80. The molecule has 3 heterocycles. The maximum Gasteiger partial charge on any atom is 0.233 e. The quantitative estimate of drug-likeness (QED) is 0.748. The second-order valence-electron chi connectivity index (χ2n) is 5.51. The number of methoxy groups -OCH3 is 2. The number of rotatable bonds is 6. The zero-order valence-corrected chi connectivity index (χ0v) is 13.5. The number of pyridine rings is 1. The molecule has 0 amide bonds. The highest BCUT2D eigenvalue weighted by Crippen LogP contribution is 2.24. The minimum Gasteiger partial charge on any atom is -0.471 e. The molecule has 0 unspecified atom stereocenters. The molecule has 1 aliphatic rings. The van der Waals surface area contributed by atoms with Crippen molar-refractivity contribution in [1.29, 1.82) is 0 Å². The summed E-state index contributed by atoms with van der Waals surface area (Å²) >= 11 is 0. The average molecular weight is 316 g/mol. The summed E-state index contributed by atoms with van der Waals surface area (Å²) in [6, 6.07) is 1.93. The molecule has 1 aliphatic heterocycles. The van der Waals surface area contributed by atoms with Gasteiger partial charge in [-0.15, -0.1) is 0 Å². The molecule has 0 radical (unpaired) electrons. The first-order valence-electron chi connectivity index (χ1n) is 7.37. The van der Waals surface area contributed by atoms with Crippen molar-refractivity contribution in [3.05, 3.63) is 36.4 Å². The molecular weight excluding hydrogens is 296 g/mol. The Morgan fingerprint density at radius 3 is 2.52 bits per heavy atom. The van der Waals surface area contributed by atoms with E-state index in [-0.39, 0.29) is 6.10 Å². The van der Waals surface area contributed by atoms with Crippen molar-refractivity contribution >= 4 is 0 Å². The monoisotopic (exact) mass is 316 g/mol. The molecule has 1 fully saturated rings. The summed E-state index contributed by atoms with van der Waals surface area (Å²) in [5.74, 6) is 0.529.